The van der Waals surface area contributed by atoms with Crippen molar-refractivity contribution in [3.05, 3.63) is 96.1 Å². The molecule has 178 valence electrons. The number of amides is 1. The summed E-state index contributed by atoms with van der Waals surface area (Å²) in [7, 11) is 1.25. The lowest BCUT2D eigenvalue weighted by Gasteiger charge is -2.11. The molecular formula is C28H20N2O6. The highest BCUT2D eigenvalue weighted by Gasteiger charge is 2.20. The van der Waals surface area contributed by atoms with Gasteiger partial charge < -0.3 is 19.2 Å². The monoisotopic (exact) mass is 480 g/mol. The number of ether oxygens (including phenoxy) is 2. The number of oxazole rings is 1. The zero-order chi connectivity index (χ0) is 25.1. The maximum absolute atomic E-state index is 13.1. The fraction of sp³-hybridized carbons (Fsp3) is 0.0714. The van der Waals surface area contributed by atoms with Gasteiger partial charge in [-0.05, 0) is 41.8 Å². The van der Waals surface area contributed by atoms with Crippen LogP contribution in [0.1, 0.15) is 20.7 Å². The number of methoxy groups -OCH3 is 1. The standard InChI is InChI=1S/C28H20N2O6/c1-34-27(32)18-10-2-3-13-21(18)29-24(31)16-35-28(33)20-12-7-9-17-8-6-11-19(25(17)20)26-30-22-14-4-5-15-23(22)36-26/h2-15H,16H2,1H3,(H,29,31). The van der Waals surface area contributed by atoms with Crippen LogP contribution in [0.5, 0.6) is 0 Å². The summed E-state index contributed by atoms with van der Waals surface area (Å²) < 4.78 is 16.0. The van der Waals surface area contributed by atoms with Crippen molar-refractivity contribution in [1.29, 1.82) is 0 Å². The number of rotatable bonds is 6. The number of hydrogen-bond acceptors (Lipinski definition) is 7. The van der Waals surface area contributed by atoms with Crippen LogP contribution in [0.25, 0.3) is 33.3 Å². The molecule has 0 spiro atoms. The third-order valence-electron chi connectivity index (χ3n) is 5.59. The lowest BCUT2D eigenvalue weighted by atomic mass is 9.99. The number of carbonyl (C=O) groups excluding carboxylic acids is 3. The van der Waals surface area contributed by atoms with E-state index in [1.807, 2.05) is 48.5 Å². The Morgan fingerprint density at radius 3 is 2.36 bits per heavy atom. The van der Waals surface area contributed by atoms with Gasteiger partial charge in [0.2, 0.25) is 5.89 Å². The van der Waals surface area contributed by atoms with Gasteiger partial charge in [0, 0.05) is 10.9 Å². The second-order valence-corrected chi connectivity index (χ2v) is 7.86. The summed E-state index contributed by atoms with van der Waals surface area (Å²) in [6, 6.07) is 24.6. The zero-order valence-corrected chi connectivity index (χ0v) is 19.2. The van der Waals surface area contributed by atoms with Crippen LogP contribution < -0.4 is 5.32 Å². The molecule has 0 radical (unpaired) electrons. The molecular weight excluding hydrogens is 460 g/mol. The van der Waals surface area contributed by atoms with Gasteiger partial charge in [0.1, 0.15) is 5.52 Å². The van der Waals surface area contributed by atoms with E-state index in [1.165, 1.54) is 13.2 Å². The summed E-state index contributed by atoms with van der Waals surface area (Å²) in [4.78, 5) is 42.1. The molecule has 0 atom stereocenters. The molecule has 0 aliphatic rings. The number of aromatic nitrogens is 1. The quantitative estimate of drug-likeness (QED) is 0.332. The molecule has 1 aromatic heterocycles. The molecule has 5 rings (SSSR count). The molecule has 0 aliphatic carbocycles. The van der Waals surface area contributed by atoms with Gasteiger partial charge in [-0.3, -0.25) is 4.79 Å². The van der Waals surface area contributed by atoms with Crippen LogP contribution in [0.4, 0.5) is 5.69 Å². The first-order valence-corrected chi connectivity index (χ1v) is 11.1. The summed E-state index contributed by atoms with van der Waals surface area (Å²) >= 11 is 0. The predicted molar refractivity (Wildman–Crippen MR) is 134 cm³/mol. The van der Waals surface area contributed by atoms with Gasteiger partial charge in [-0.25, -0.2) is 14.6 Å². The molecule has 8 heteroatoms. The van der Waals surface area contributed by atoms with Gasteiger partial charge in [-0.1, -0.05) is 48.5 Å². The number of carbonyl (C=O) groups is 3. The molecule has 1 amide bonds. The molecule has 0 fully saturated rings. The first-order valence-electron chi connectivity index (χ1n) is 11.1. The van der Waals surface area contributed by atoms with E-state index in [9.17, 15) is 14.4 Å². The fourth-order valence-electron chi connectivity index (χ4n) is 3.95. The van der Waals surface area contributed by atoms with Gasteiger partial charge in [0.05, 0.1) is 23.9 Å². The fourth-order valence-corrected chi connectivity index (χ4v) is 3.95. The Bertz CT molecular complexity index is 1580. The number of nitrogens with zero attached hydrogens (tertiary/aromatic N) is 1. The van der Waals surface area contributed by atoms with Gasteiger partial charge in [-0.2, -0.15) is 0 Å². The molecule has 0 saturated heterocycles. The molecule has 0 aliphatic heterocycles. The number of anilines is 1. The summed E-state index contributed by atoms with van der Waals surface area (Å²) in [5.74, 6) is -1.50. The molecule has 1 N–H and O–H groups in total. The van der Waals surface area contributed by atoms with E-state index in [1.54, 1.807) is 30.3 Å². The Labute approximate surface area is 205 Å². The number of para-hydroxylation sites is 3. The van der Waals surface area contributed by atoms with E-state index in [4.69, 9.17) is 13.9 Å². The Kier molecular flexibility index (Phi) is 6.15. The van der Waals surface area contributed by atoms with Crippen molar-refractivity contribution in [1.82, 2.24) is 4.98 Å². The maximum atomic E-state index is 13.1. The Morgan fingerprint density at radius 1 is 0.833 bits per heavy atom. The van der Waals surface area contributed by atoms with Crippen LogP contribution in [-0.2, 0) is 14.3 Å². The number of fused-ring (bicyclic) bond motifs is 2. The van der Waals surface area contributed by atoms with E-state index in [0.29, 0.717) is 27.9 Å². The van der Waals surface area contributed by atoms with Gasteiger partial charge in [0.15, 0.2) is 12.2 Å². The van der Waals surface area contributed by atoms with Crippen molar-refractivity contribution >= 4 is 45.4 Å². The molecule has 4 aromatic carbocycles. The summed E-state index contributed by atoms with van der Waals surface area (Å²) in [6.07, 6.45) is 0. The smallest absolute Gasteiger partial charge is 0.339 e. The minimum Gasteiger partial charge on any atom is -0.465 e. The minimum atomic E-state index is -0.680. The molecule has 5 aromatic rings. The molecule has 0 bridgehead atoms. The number of benzene rings is 4. The SMILES string of the molecule is COC(=O)c1ccccc1NC(=O)COC(=O)c1cccc2cccc(-c3nc4ccccc4o3)c12. The van der Waals surface area contributed by atoms with Crippen molar-refractivity contribution in [2.24, 2.45) is 0 Å². The van der Waals surface area contributed by atoms with Crippen molar-refractivity contribution in [3.8, 4) is 11.5 Å². The second-order valence-electron chi connectivity index (χ2n) is 7.86. The number of hydrogen-bond donors (Lipinski definition) is 1. The van der Waals surface area contributed by atoms with E-state index < -0.39 is 24.5 Å². The molecule has 0 unspecified atom stereocenters. The zero-order valence-electron chi connectivity index (χ0n) is 19.2. The normalized spacial score (nSPS) is 10.8. The highest BCUT2D eigenvalue weighted by atomic mass is 16.5. The Morgan fingerprint density at radius 2 is 1.56 bits per heavy atom. The molecule has 1 heterocycles. The van der Waals surface area contributed by atoms with Crippen LogP contribution >= 0.6 is 0 Å². The van der Waals surface area contributed by atoms with Crippen LogP contribution in [0, 0.1) is 0 Å². The average Bonchev–Trinajstić information content (AvgIpc) is 3.35. The average molecular weight is 480 g/mol. The second kappa shape index (κ2) is 9.71. The summed E-state index contributed by atoms with van der Waals surface area (Å²) in [5.41, 5.74) is 2.69. The largest absolute Gasteiger partial charge is 0.465 e. The van der Waals surface area contributed by atoms with E-state index in [-0.39, 0.29) is 16.8 Å². The third kappa shape index (κ3) is 4.39. The molecule has 36 heavy (non-hydrogen) atoms. The van der Waals surface area contributed by atoms with E-state index in [2.05, 4.69) is 10.3 Å². The van der Waals surface area contributed by atoms with Crippen molar-refractivity contribution in [2.75, 3.05) is 19.0 Å². The topological polar surface area (TPSA) is 108 Å². The maximum Gasteiger partial charge on any atom is 0.339 e. The highest BCUT2D eigenvalue weighted by molar-refractivity contribution is 6.10. The van der Waals surface area contributed by atoms with Crippen LogP contribution in [0.3, 0.4) is 0 Å². The lowest BCUT2D eigenvalue weighted by molar-refractivity contribution is -0.119. The number of nitrogens with one attached hydrogen (secondary N) is 1. The molecule has 0 saturated carbocycles. The highest BCUT2D eigenvalue weighted by Crippen LogP contribution is 2.33. The van der Waals surface area contributed by atoms with Gasteiger partial charge in [0.25, 0.3) is 5.91 Å². The summed E-state index contributed by atoms with van der Waals surface area (Å²) in [6.45, 7) is -0.546. The number of esters is 2. The van der Waals surface area contributed by atoms with Crippen LogP contribution in [0.15, 0.2) is 89.3 Å². The van der Waals surface area contributed by atoms with Crippen molar-refractivity contribution in [2.45, 2.75) is 0 Å². The first-order chi connectivity index (χ1) is 17.5. The molecule has 8 nitrogen and oxygen atoms in total. The summed E-state index contributed by atoms with van der Waals surface area (Å²) in [5, 5.41) is 3.98. The van der Waals surface area contributed by atoms with Crippen molar-refractivity contribution in [3.63, 3.8) is 0 Å². The van der Waals surface area contributed by atoms with E-state index >= 15 is 0 Å². The van der Waals surface area contributed by atoms with Crippen LogP contribution in [0.2, 0.25) is 0 Å². The third-order valence-corrected chi connectivity index (χ3v) is 5.59. The van der Waals surface area contributed by atoms with E-state index in [0.717, 1.165) is 5.39 Å². The first kappa shape index (κ1) is 22.8. The van der Waals surface area contributed by atoms with Gasteiger partial charge >= 0.3 is 11.9 Å². The van der Waals surface area contributed by atoms with Crippen molar-refractivity contribution < 1.29 is 28.3 Å². The lowest BCUT2D eigenvalue weighted by Crippen LogP contribution is -2.22. The minimum absolute atomic E-state index is 0.191. The van der Waals surface area contributed by atoms with Crippen LogP contribution in [-0.4, -0.2) is 36.5 Å². The Hall–Kier alpha value is -4.98. The Balaban J connectivity index is 1.40. The predicted octanol–water partition coefficient (Wildman–Crippen LogP) is 5.23. The van der Waals surface area contributed by atoms with Gasteiger partial charge in [-0.15, -0.1) is 0 Å².